The molecule has 0 saturated heterocycles. The summed E-state index contributed by atoms with van der Waals surface area (Å²) < 4.78 is 10.7. The highest BCUT2D eigenvalue weighted by Crippen LogP contribution is 2.27. The predicted molar refractivity (Wildman–Crippen MR) is 85.6 cm³/mol. The Morgan fingerprint density at radius 1 is 1.36 bits per heavy atom. The minimum absolute atomic E-state index is 0.102. The fourth-order valence-electron chi connectivity index (χ4n) is 1.65. The van der Waals surface area contributed by atoms with Crippen molar-refractivity contribution in [1.82, 2.24) is 5.32 Å². The summed E-state index contributed by atoms with van der Waals surface area (Å²) in [6, 6.07) is 5.56. The molecule has 1 aromatic carbocycles. The highest BCUT2D eigenvalue weighted by molar-refractivity contribution is 5.81. The number of ether oxygens (including phenoxy) is 2. The van der Waals surface area contributed by atoms with Crippen LogP contribution < -0.4 is 14.8 Å². The lowest BCUT2D eigenvalue weighted by Gasteiger charge is -2.10. The van der Waals surface area contributed by atoms with Crippen molar-refractivity contribution in [3.63, 3.8) is 0 Å². The summed E-state index contributed by atoms with van der Waals surface area (Å²) in [5.74, 6) is 1.12. The molecule has 1 atom stereocenters. The van der Waals surface area contributed by atoms with Gasteiger partial charge in [-0.05, 0) is 38.5 Å². The van der Waals surface area contributed by atoms with Gasteiger partial charge in [-0.3, -0.25) is 4.79 Å². The van der Waals surface area contributed by atoms with Crippen molar-refractivity contribution in [2.45, 2.75) is 33.2 Å². The van der Waals surface area contributed by atoms with Crippen LogP contribution in [0.3, 0.4) is 0 Å². The third kappa shape index (κ3) is 6.03. The Hall–Kier alpha value is -2.24. The van der Waals surface area contributed by atoms with E-state index in [2.05, 4.69) is 10.5 Å². The van der Waals surface area contributed by atoms with E-state index in [-0.39, 0.29) is 18.6 Å². The highest BCUT2D eigenvalue weighted by atomic mass is 16.6. The number of nitrogens with one attached hydrogen (secondary N) is 1. The van der Waals surface area contributed by atoms with E-state index in [0.717, 1.165) is 12.0 Å². The monoisotopic (exact) mass is 308 g/mol. The number of nitrogens with zero attached hydrogens (tertiary/aromatic N) is 1. The number of hydrogen-bond acceptors (Lipinski definition) is 5. The number of benzene rings is 1. The van der Waals surface area contributed by atoms with Crippen LogP contribution >= 0.6 is 0 Å². The lowest BCUT2D eigenvalue weighted by Crippen LogP contribution is -2.34. The number of hydrogen-bond donors (Lipinski definition) is 1. The number of carbonyl (C=O) groups excluding carboxylic acids is 1. The third-order valence-corrected chi connectivity index (χ3v) is 2.98. The Morgan fingerprint density at radius 3 is 2.77 bits per heavy atom. The van der Waals surface area contributed by atoms with Crippen molar-refractivity contribution < 1.29 is 19.1 Å². The van der Waals surface area contributed by atoms with Gasteiger partial charge >= 0.3 is 0 Å². The van der Waals surface area contributed by atoms with Gasteiger partial charge in [-0.2, -0.15) is 0 Å². The number of amides is 1. The van der Waals surface area contributed by atoms with E-state index in [1.165, 1.54) is 6.21 Å². The van der Waals surface area contributed by atoms with Crippen LogP contribution in [-0.2, 0) is 9.63 Å². The number of rotatable bonds is 9. The lowest BCUT2D eigenvalue weighted by atomic mass is 10.2. The molecule has 22 heavy (non-hydrogen) atoms. The van der Waals surface area contributed by atoms with Gasteiger partial charge in [0.25, 0.3) is 5.91 Å². The van der Waals surface area contributed by atoms with Crippen molar-refractivity contribution in [3.05, 3.63) is 23.8 Å². The third-order valence-electron chi connectivity index (χ3n) is 2.98. The van der Waals surface area contributed by atoms with Crippen LogP contribution in [0, 0.1) is 0 Å². The number of oxime groups is 1. The number of carbonyl (C=O) groups is 1. The summed E-state index contributed by atoms with van der Waals surface area (Å²) in [5.41, 5.74) is 0.794. The molecule has 0 aliphatic rings. The quantitative estimate of drug-likeness (QED) is 0.561. The molecule has 0 aromatic heterocycles. The molecule has 0 aliphatic carbocycles. The molecule has 1 amide bonds. The Balaban J connectivity index is 2.51. The molecule has 122 valence electrons. The maximum absolute atomic E-state index is 11.5. The molecular formula is C16H24N2O4. The van der Waals surface area contributed by atoms with Crippen molar-refractivity contribution >= 4 is 12.1 Å². The van der Waals surface area contributed by atoms with Crippen LogP contribution in [-0.4, -0.2) is 38.5 Å². The van der Waals surface area contributed by atoms with Gasteiger partial charge in [0, 0.05) is 11.6 Å². The van der Waals surface area contributed by atoms with Crippen LogP contribution in [0.25, 0.3) is 0 Å². The molecule has 0 radical (unpaired) electrons. The molecule has 6 nitrogen and oxygen atoms in total. The van der Waals surface area contributed by atoms with Crippen molar-refractivity contribution in [2.75, 3.05) is 20.3 Å². The molecule has 0 heterocycles. The van der Waals surface area contributed by atoms with Gasteiger partial charge in [-0.1, -0.05) is 12.1 Å². The highest BCUT2D eigenvalue weighted by Gasteiger charge is 2.06. The van der Waals surface area contributed by atoms with Crippen LogP contribution in [0.2, 0.25) is 0 Å². The van der Waals surface area contributed by atoms with E-state index in [1.54, 1.807) is 19.2 Å². The summed E-state index contributed by atoms with van der Waals surface area (Å²) in [7, 11) is 1.58. The topological polar surface area (TPSA) is 69.2 Å². The van der Waals surface area contributed by atoms with Gasteiger partial charge in [-0.15, -0.1) is 0 Å². The summed E-state index contributed by atoms with van der Waals surface area (Å²) in [4.78, 5) is 16.5. The first kappa shape index (κ1) is 17.8. The molecular weight excluding hydrogens is 284 g/mol. The first-order valence-corrected chi connectivity index (χ1v) is 7.36. The second kappa shape index (κ2) is 9.65. The van der Waals surface area contributed by atoms with E-state index in [9.17, 15) is 4.79 Å². The Kier molecular flexibility index (Phi) is 7.81. The van der Waals surface area contributed by atoms with Crippen molar-refractivity contribution in [1.29, 1.82) is 0 Å². The largest absolute Gasteiger partial charge is 0.493 e. The molecule has 0 saturated carbocycles. The van der Waals surface area contributed by atoms with Crippen LogP contribution in [0.5, 0.6) is 11.5 Å². The predicted octanol–water partition coefficient (Wildman–Crippen LogP) is 2.36. The summed E-state index contributed by atoms with van der Waals surface area (Å²) in [6.07, 6.45) is 2.40. The van der Waals surface area contributed by atoms with Gasteiger partial charge in [0.05, 0.1) is 19.9 Å². The zero-order chi connectivity index (χ0) is 16.4. The normalized spacial score (nSPS) is 12.0. The summed E-state index contributed by atoms with van der Waals surface area (Å²) >= 11 is 0. The maximum Gasteiger partial charge on any atom is 0.260 e. The second-order valence-electron chi connectivity index (χ2n) is 4.73. The minimum Gasteiger partial charge on any atom is -0.493 e. The molecule has 1 N–H and O–H groups in total. The molecule has 0 fully saturated rings. The Morgan fingerprint density at radius 2 is 2.14 bits per heavy atom. The standard InChI is InChI=1S/C16H24N2O4/c1-5-12(3)18-16(19)11-22-17-10-13-7-8-14(21-6-2)15(9-13)20-4/h7-10,12H,5-6,11H2,1-4H3,(H,18,19)/b17-10-/t12-/m0/s1. The summed E-state index contributed by atoms with van der Waals surface area (Å²) in [6.45, 7) is 6.32. The number of methoxy groups -OCH3 is 1. The van der Waals surface area contributed by atoms with E-state index >= 15 is 0 Å². The van der Waals surface area contributed by atoms with Gasteiger partial charge in [0.15, 0.2) is 18.1 Å². The Bertz CT molecular complexity index is 503. The van der Waals surface area contributed by atoms with Gasteiger partial charge in [0.2, 0.25) is 0 Å². The van der Waals surface area contributed by atoms with E-state index in [4.69, 9.17) is 14.3 Å². The molecule has 6 heteroatoms. The second-order valence-corrected chi connectivity index (χ2v) is 4.73. The van der Waals surface area contributed by atoms with Crippen LogP contribution in [0.1, 0.15) is 32.8 Å². The summed E-state index contributed by atoms with van der Waals surface area (Å²) in [5, 5.41) is 6.58. The molecule has 1 rings (SSSR count). The first-order chi connectivity index (χ1) is 10.6. The average molecular weight is 308 g/mol. The molecule has 1 aromatic rings. The van der Waals surface area contributed by atoms with E-state index < -0.39 is 0 Å². The maximum atomic E-state index is 11.5. The minimum atomic E-state index is -0.184. The van der Waals surface area contributed by atoms with Gasteiger partial charge in [-0.25, -0.2) is 0 Å². The first-order valence-electron chi connectivity index (χ1n) is 7.36. The van der Waals surface area contributed by atoms with Crippen LogP contribution in [0.4, 0.5) is 0 Å². The van der Waals surface area contributed by atoms with E-state index in [0.29, 0.717) is 18.1 Å². The van der Waals surface area contributed by atoms with Gasteiger partial charge < -0.3 is 19.6 Å². The zero-order valence-electron chi connectivity index (χ0n) is 13.6. The molecule has 0 bridgehead atoms. The van der Waals surface area contributed by atoms with Gasteiger partial charge in [0.1, 0.15) is 0 Å². The zero-order valence-corrected chi connectivity index (χ0v) is 13.6. The SMILES string of the molecule is CCOc1ccc(/C=N\OCC(=O)N[C@@H](C)CC)cc1OC. The van der Waals surface area contributed by atoms with E-state index in [1.807, 2.05) is 26.8 Å². The fraction of sp³-hybridized carbons (Fsp3) is 0.500. The molecule has 0 unspecified atom stereocenters. The fourth-order valence-corrected chi connectivity index (χ4v) is 1.65. The van der Waals surface area contributed by atoms with Crippen molar-refractivity contribution in [2.24, 2.45) is 5.16 Å². The molecule has 0 spiro atoms. The average Bonchev–Trinajstić information content (AvgIpc) is 2.52. The smallest absolute Gasteiger partial charge is 0.260 e. The van der Waals surface area contributed by atoms with Crippen molar-refractivity contribution in [3.8, 4) is 11.5 Å². The van der Waals surface area contributed by atoms with Crippen LogP contribution in [0.15, 0.2) is 23.4 Å². The Labute approximate surface area is 131 Å². The lowest BCUT2D eigenvalue weighted by molar-refractivity contribution is -0.126. The molecule has 0 aliphatic heterocycles.